The number of nitrogens with zero attached hydrogens (tertiary/aromatic N) is 2. The first-order valence-electron chi connectivity index (χ1n) is 10.9. The molecule has 0 radical (unpaired) electrons. The number of carbonyl (C=O) groups excluding carboxylic acids is 1. The van der Waals surface area contributed by atoms with Crippen LogP contribution in [0.4, 0.5) is 0 Å². The summed E-state index contributed by atoms with van der Waals surface area (Å²) < 4.78 is 1.30. The largest absolute Gasteiger partial charge is 0.351 e. The highest BCUT2D eigenvalue weighted by atomic mass is 16.2. The number of aromatic nitrogens is 2. The molecule has 1 saturated heterocycles. The predicted molar refractivity (Wildman–Crippen MR) is 123 cm³/mol. The van der Waals surface area contributed by atoms with Gasteiger partial charge in [-0.3, -0.25) is 9.59 Å². The Balaban J connectivity index is 1.64. The molecule has 0 saturated carbocycles. The number of piperidine rings is 1. The average molecular weight is 420 g/mol. The third-order valence-corrected chi connectivity index (χ3v) is 5.90. The number of hydrogen-bond donors (Lipinski definition) is 2. The highest BCUT2D eigenvalue weighted by Crippen LogP contribution is 2.24. The van der Waals surface area contributed by atoms with Crippen molar-refractivity contribution in [2.24, 2.45) is 0 Å². The van der Waals surface area contributed by atoms with Crippen molar-refractivity contribution >= 4 is 16.7 Å². The Morgan fingerprint density at radius 1 is 1.00 bits per heavy atom. The van der Waals surface area contributed by atoms with E-state index in [4.69, 9.17) is 0 Å². The van der Waals surface area contributed by atoms with Gasteiger partial charge in [-0.05, 0) is 33.8 Å². The van der Waals surface area contributed by atoms with Crippen molar-refractivity contribution in [1.82, 2.24) is 15.1 Å². The van der Waals surface area contributed by atoms with Gasteiger partial charge in [0.15, 0.2) is 0 Å². The zero-order valence-electron chi connectivity index (χ0n) is 18.7. The molecular weight excluding hydrogens is 388 g/mol. The van der Waals surface area contributed by atoms with Crippen LogP contribution >= 0.6 is 0 Å². The highest BCUT2D eigenvalue weighted by molar-refractivity contribution is 5.93. The number of benzene rings is 2. The topological polar surface area (TPSA) is 80.6 Å². The van der Waals surface area contributed by atoms with Gasteiger partial charge in [0.05, 0.1) is 22.2 Å². The van der Waals surface area contributed by atoms with Gasteiger partial charge in [-0.15, -0.1) is 0 Å². The Hall–Kier alpha value is -2.99. The first kappa shape index (κ1) is 21.2. The lowest BCUT2D eigenvalue weighted by Crippen LogP contribution is -3.06. The van der Waals surface area contributed by atoms with E-state index in [1.807, 2.05) is 48.5 Å². The summed E-state index contributed by atoms with van der Waals surface area (Å²) in [5.74, 6) is -0.178. The van der Waals surface area contributed by atoms with Crippen LogP contribution in [-0.4, -0.2) is 32.8 Å². The SMILES string of the molecule is CC1(C)CC(NC(=O)Cn2nc(-c3ccccc3)c3ccccc3c2=O)CC(C)(C)[NH2+]1. The molecule has 162 valence electrons. The van der Waals surface area contributed by atoms with Gasteiger partial charge in [0.25, 0.3) is 5.56 Å². The lowest BCUT2D eigenvalue weighted by Gasteiger charge is -2.43. The summed E-state index contributed by atoms with van der Waals surface area (Å²) in [6.45, 7) is 8.72. The predicted octanol–water partition coefficient (Wildman–Crippen LogP) is 2.46. The molecule has 0 atom stereocenters. The lowest BCUT2D eigenvalue weighted by atomic mass is 9.79. The van der Waals surface area contributed by atoms with Gasteiger partial charge in [0.1, 0.15) is 6.54 Å². The van der Waals surface area contributed by atoms with Crippen LogP contribution in [0, 0.1) is 0 Å². The van der Waals surface area contributed by atoms with Crippen molar-refractivity contribution in [2.75, 3.05) is 0 Å². The molecule has 1 fully saturated rings. The summed E-state index contributed by atoms with van der Waals surface area (Å²) in [6.07, 6.45) is 1.77. The van der Waals surface area contributed by atoms with E-state index in [2.05, 4.69) is 43.4 Å². The van der Waals surface area contributed by atoms with Gasteiger partial charge in [-0.2, -0.15) is 5.10 Å². The summed E-state index contributed by atoms with van der Waals surface area (Å²) in [6, 6.07) is 17.3. The maximum atomic E-state index is 13.1. The maximum Gasteiger partial charge on any atom is 0.275 e. The van der Waals surface area contributed by atoms with Crippen molar-refractivity contribution < 1.29 is 10.1 Å². The molecule has 2 heterocycles. The summed E-state index contributed by atoms with van der Waals surface area (Å²) >= 11 is 0. The summed E-state index contributed by atoms with van der Waals surface area (Å²) in [4.78, 5) is 26.0. The van der Waals surface area contributed by atoms with Gasteiger partial charge in [0.2, 0.25) is 5.91 Å². The van der Waals surface area contributed by atoms with Crippen molar-refractivity contribution in [2.45, 2.75) is 64.2 Å². The van der Waals surface area contributed by atoms with E-state index in [-0.39, 0.29) is 35.1 Å². The van der Waals surface area contributed by atoms with Crippen molar-refractivity contribution in [3.63, 3.8) is 0 Å². The van der Waals surface area contributed by atoms with E-state index in [1.165, 1.54) is 4.68 Å². The normalized spacial score (nSPS) is 18.1. The number of hydrogen-bond acceptors (Lipinski definition) is 3. The number of nitrogens with one attached hydrogen (secondary N) is 1. The number of rotatable bonds is 4. The van der Waals surface area contributed by atoms with Crippen molar-refractivity contribution in [3.8, 4) is 11.3 Å². The molecule has 3 aromatic rings. The van der Waals surface area contributed by atoms with Crippen LogP contribution in [0.3, 0.4) is 0 Å². The third kappa shape index (κ3) is 4.69. The molecule has 6 heteroatoms. The minimum Gasteiger partial charge on any atom is -0.351 e. The van der Waals surface area contributed by atoms with Crippen LogP contribution in [-0.2, 0) is 11.3 Å². The standard InChI is InChI=1S/C25H30N4O2/c1-24(2)14-18(15-25(3,4)28-24)26-21(30)16-29-23(31)20-13-9-8-12-19(20)22(27-29)17-10-6-5-7-11-17/h5-13,18,28H,14-16H2,1-4H3,(H,26,30)/p+1. The van der Waals surface area contributed by atoms with E-state index in [0.717, 1.165) is 23.8 Å². The number of amides is 1. The van der Waals surface area contributed by atoms with E-state index in [0.29, 0.717) is 11.1 Å². The lowest BCUT2D eigenvalue weighted by molar-refractivity contribution is -0.787. The van der Waals surface area contributed by atoms with E-state index < -0.39 is 0 Å². The van der Waals surface area contributed by atoms with Gasteiger partial charge >= 0.3 is 0 Å². The highest BCUT2D eigenvalue weighted by Gasteiger charge is 2.42. The van der Waals surface area contributed by atoms with E-state index >= 15 is 0 Å². The van der Waals surface area contributed by atoms with Crippen LogP contribution in [0.15, 0.2) is 59.4 Å². The van der Waals surface area contributed by atoms with Crippen LogP contribution in [0.25, 0.3) is 22.0 Å². The summed E-state index contributed by atoms with van der Waals surface area (Å²) in [7, 11) is 0. The first-order chi connectivity index (χ1) is 14.6. The molecule has 1 aromatic heterocycles. The fourth-order valence-electron chi connectivity index (χ4n) is 5.18. The Morgan fingerprint density at radius 3 is 2.23 bits per heavy atom. The first-order valence-corrected chi connectivity index (χ1v) is 10.9. The van der Waals surface area contributed by atoms with Crippen molar-refractivity contribution in [3.05, 3.63) is 65.0 Å². The van der Waals surface area contributed by atoms with Crippen LogP contribution in [0.2, 0.25) is 0 Å². The molecule has 0 aliphatic carbocycles. The molecule has 2 aromatic carbocycles. The smallest absolute Gasteiger partial charge is 0.275 e. The third-order valence-electron chi connectivity index (χ3n) is 5.90. The molecule has 4 rings (SSSR count). The minimum atomic E-state index is -0.247. The van der Waals surface area contributed by atoms with Crippen LogP contribution in [0.1, 0.15) is 40.5 Å². The monoisotopic (exact) mass is 419 g/mol. The van der Waals surface area contributed by atoms with E-state index in [1.54, 1.807) is 6.07 Å². The number of carbonyl (C=O) groups is 1. The molecule has 6 nitrogen and oxygen atoms in total. The molecule has 1 amide bonds. The molecule has 0 bridgehead atoms. The minimum absolute atomic E-state index is 0.0538. The zero-order valence-corrected chi connectivity index (χ0v) is 18.7. The zero-order chi connectivity index (χ0) is 22.2. The molecule has 31 heavy (non-hydrogen) atoms. The second kappa shape index (κ2) is 7.93. The van der Waals surface area contributed by atoms with Crippen LogP contribution < -0.4 is 16.2 Å². The maximum absolute atomic E-state index is 13.1. The molecule has 3 N–H and O–H groups in total. The van der Waals surface area contributed by atoms with Crippen LogP contribution in [0.5, 0.6) is 0 Å². The van der Waals surface area contributed by atoms with E-state index in [9.17, 15) is 9.59 Å². The number of quaternary nitrogens is 1. The Morgan fingerprint density at radius 2 is 1.58 bits per heavy atom. The Bertz CT molecular complexity index is 1150. The second-order valence-electron chi connectivity index (χ2n) is 10.0. The van der Waals surface area contributed by atoms with Gasteiger partial charge in [-0.25, -0.2) is 4.68 Å². The molecular formula is C25H31N4O2+. The van der Waals surface area contributed by atoms with Gasteiger partial charge in [-0.1, -0.05) is 48.5 Å². The van der Waals surface area contributed by atoms with Crippen molar-refractivity contribution in [1.29, 1.82) is 0 Å². The number of fused-ring (bicyclic) bond motifs is 1. The fourth-order valence-corrected chi connectivity index (χ4v) is 5.18. The average Bonchev–Trinajstić information content (AvgIpc) is 2.68. The summed E-state index contributed by atoms with van der Waals surface area (Å²) in [5, 5.41) is 11.5. The quantitative estimate of drug-likeness (QED) is 0.682. The number of nitrogens with two attached hydrogens (primary N) is 1. The van der Waals surface area contributed by atoms with Gasteiger partial charge < -0.3 is 10.6 Å². The Labute approximate surface area is 182 Å². The Kier molecular flexibility index (Phi) is 5.43. The molecule has 0 unspecified atom stereocenters. The van der Waals surface area contributed by atoms with Gasteiger partial charge in [0, 0.05) is 29.8 Å². The molecule has 0 spiro atoms. The molecule has 1 aliphatic rings. The summed E-state index contributed by atoms with van der Waals surface area (Å²) in [5.41, 5.74) is 1.48. The fraction of sp³-hybridized carbons (Fsp3) is 0.400. The molecule has 1 aliphatic heterocycles. The second-order valence-corrected chi connectivity index (χ2v) is 10.0.